The van der Waals surface area contributed by atoms with E-state index in [4.69, 9.17) is 5.73 Å². The summed E-state index contributed by atoms with van der Waals surface area (Å²) in [7, 11) is 0. The first-order valence-electron chi connectivity index (χ1n) is 7.43. The molecule has 0 heterocycles. The Hall–Kier alpha value is -0.110. The second-order valence-corrected chi connectivity index (χ2v) is 5.33. The first-order chi connectivity index (χ1) is 7.64. The number of rotatable bonds is 10. The van der Waals surface area contributed by atoms with Crippen LogP contribution >= 0.6 is 0 Å². The Labute approximate surface area is 108 Å². The third-order valence-electron chi connectivity index (χ3n) is 3.93. The predicted molar refractivity (Wildman–Crippen MR) is 77.2 cm³/mol. The Kier molecular flexibility index (Phi) is 12.5. The van der Waals surface area contributed by atoms with Gasteiger partial charge in [0.2, 0.25) is 0 Å². The van der Waals surface area contributed by atoms with E-state index < -0.39 is 0 Å². The molecule has 0 spiro atoms. The van der Waals surface area contributed by atoms with E-state index in [2.05, 4.69) is 27.7 Å². The predicted octanol–water partition coefficient (Wildman–Crippen LogP) is 5.04. The summed E-state index contributed by atoms with van der Waals surface area (Å²) < 4.78 is 0. The highest BCUT2D eigenvalue weighted by Gasteiger charge is 2.31. The maximum atomic E-state index is 6.71. The lowest BCUT2D eigenvalue weighted by Gasteiger charge is -2.38. The van der Waals surface area contributed by atoms with E-state index in [-0.39, 0.29) is 10.2 Å². The zero-order chi connectivity index (χ0) is 12.4. The van der Waals surface area contributed by atoms with Gasteiger partial charge in [-0.2, -0.15) is 0 Å². The van der Waals surface area contributed by atoms with Gasteiger partial charge >= 0.3 is 0 Å². The first-order valence-corrected chi connectivity index (χ1v) is 7.43. The van der Waals surface area contributed by atoms with Gasteiger partial charge in [0.15, 0.2) is 0 Å². The fourth-order valence-corrected chi connectivity index (χ4v) is 2.79. The number of unbranched alkanes of at least 4 members (excludes halogenated alkanes) is 2. The highest BCUT2D eigenvalue weighted by molar-refractivity contribution is 4.90. The van der Waals surface area contributed by atoms with Crippen LogP contribution in [0.5, 0.6) is 0 Å². The summed E-state index contributed by atoms with van der Waals surface area (Å²) in [5, 5.41) is 0. The number of hydrogen-bond donors (Lipinski definition) is 1. The minimum Gasteiger partial charge on any atom is -0.325 e. The molecule has 0 fully saturated rings. The quantitative estimate of drug-likeness (QED) is 0.575. The van der Waals surface area contributed by atoms with Crippen molar-refractivity contribution in [3.05, 3.63) is 0 Å². The van der Waals surface area contributed by atoms with Gasteiger partial charge in [-0.3, -0.25) is 4.70 Å². The third kappa shape index (κ3) is 7.03. The van der Waals surface area contributed by atoms with Crippen LogP contribution in [0.2, 0.25) is 0 Å². The van der Waals surface area contributed by atoms with Gasteiger partial charge in [0.05, 0.1) is 0 Å². The second-order valence-electron chi connectivity index (χ2n) is 5.33. The van der Waals surface area contributed by atoms with Crippen LogP contribution in [0.1, 0.15) is 85.5 Å². The van der Waals surface area contributed by atoms with Crippen molar-refractivity contribution in [1.82, 2.24) is 0 Å². The van der Waals surface area contributed by atoms with Gasteiger partial charge in [0.1, 0.15) is 0 Å². The van der Waals surface area contributed by atoms with Crippen molar-refractivity contribution in [3.63, 3.8) is 0 Å². The van der Waals surface area contributed by atoms with E-state index in [9.17, 15) is 0 Å². The molecule has 2 N–H and O–H groups in total. The lowest BCUT2D eigenvalue weighted by atomic mass is 9.74. The zero-order valence-electron chi connectivity index (χ0n) is 12.4. The van der Waals surface area contributed by atoms with Crippen molar-refractivity contribution in [3.8, 4) is 0 Å². The van der Waals surface area contributed by atoms with Gasteiger partial charge in [0.25, 0.3) is 0 Å². The molecule has 1 nitrogen and oxygen atoms in total. The van der Waals surface area contributed by atoms with Gasteiger partial charge in [-0.25, -0.2) is 0 Å². The molecule has 0 bridgehead atoms. The average molecular weight is 247 g/mol. The minimum absolute atomic E-state index is 0. The highest BCUT2D eigenvalue weighted by atomic mass is 19.0. The molecule has 1 unspecified atom stereocenters. The van der Waals surface area contributed by atoms with Crippen LogP contribution in [0.4, 0.5) is 4.70 Å². The molecular formula is C15H34FN. The fraction of sp³-hybridized carbons (Fsp3) is 1.00. The smallest absolute Gasteiger partial charge is 0.0182 e. The Morgan fingerprint density at radius 3 is 1.65 bits per heavy atom. The molecular weight excluding hydrogens is 213 g/mol. The van der Waals surface area contributed by atoms with Crippen LogP contribution in [-0.2, 0) is 0 Å². The van der Waals surface area contributed by atoms with Crippen LogP contribution in [0.15, 0.2) is 0 Å². The summed E-state index contributed by atoms with van der Waals surface area (Å²) in [6.45, 7) is 9.12. The summed E-state index contributed by atoms with van der Waals surface area (Å²) in [4.78, 5) is 0. The molecule has 0 radical (unpaired) electrons. The SMILES string of the molecule is CCCCC(N)(CCCC)C(CC)CCC.F. The van der Waals surface area contributed by atoms with Crippen molar-refractivity contribution in [2.45, 2.75) is 91.0 Å². The standard InChI is InChI=1S/C15H33N.FH/c1-5-9-12-15(16,13-10-6-2)14(8-4)11-7-3;/h14H,5-13,16H2,1-4H3;1H. The number of nitrogens with two attached hydrogens (primary N) is 1. The van der Waals surface area contributed by atoms with E-state index in [1.54, 1.807) is 0 Å². The molecule has 0 saturated heterocycles. The van der Waals surface area contributed by atoms with Crippen LogP contribution in [0.25, 0.3) is 0 Å². The van der Waals surface area contributed by atoms with Crippen LogP contribution in [0.3, 0.4) is 0 Å². The molecule has 0 rings (SSSR count). The first kappa shape index (κ1) is 19.2. The third-order valence-corrected chi connectivity index (χ3v) is 3.93. The van der Waals surface area contributed by atoms with Gasteiger partial charge < -0.3 is 5.73 Å². The number of halogens is 1. The van der Waals surface area contributed by atoms with E-state index >= 15 is 0 Å². The molecule has 0 amide bonds. The van der Waals surface area contributed by atoms with Crippen LogP contribution < -0.4 is 5.73 Å². The average Bonchev–Trinajstić information content (AvgIpc) is 2.30. The molecule has 0 aromatic carbocycles. The summed E-state index contributed by atoms with van der Waals surface area (Å²) in [6, 6.07) is 0. The largest absolute Gasteiger partial charge is 0.325 e. The molecule has 17 heavy (non-hydrogen) atoms. The van der Waals surface area contributed by atoms with Gasteiger partial charge in [-0.05, 0) is 25.2 Å². The lowest BCUT2D eigenvalue weighted by molar-refractivity contribution is 0.205. The second kappa shape index (κ2) is 11.0. The molecule has 0 aliphatic rings. The molecule has 0 aromatic rings. The normalized spacial score (nSPS) is 13.2. The molecule has 0 aromatic heterocycles. The molecule has 0 aliphatic heterocycles. The van der Waals surface area contributed by atoms with Crippen molar-refractivity contribution in [1.29, 1.82) is 0 Å². The van der Waals surface area contributed by atoms with Crippen LogP contribution in [-0.4, -0.2) is 5.54 Å². The van der Waals surface area contributed by atoms with Crippen LogP contribution in [0, 0.1) is 5.92 Å². The van der Waals surface area contributed by atoms with Crippen molar-refractivity contribution in [2.24, 2.45) is 11.7 Å². The highest BCUT2D eigenvalue weighted by Crippen LogP contribution is 2.32. The van der Waals surface area contributed by atoms with Gasteiger partial charge in [-0.1, -0.05) is 66.2 Å². The summed E-state index contributed by atoms with van der Waals surface area (Å²) in [5.74, 6) is 0.732. The summed E-state index contributed by atoms with van der Waals surface area (Å²) in [5.41, 5.74) is 6.83. The van der Waals surface area contributed by atoms with E-state index in [0.717, 1.165) is 5.92 Å². The molecule has 106 valence electrons. The summed E-state index contributed by atoms with van der Waals surface area (Å²) >= 11 is 0. The topological polar surface area (TPSA) is 26.0 Å². The summed E-state index contributed by atoms with van der Waals surface area (Å²) in [6.07, 6.45) is 11.4. The Morgan fingerprint density at radius 1 is 0.882 bits per heavy atom. The zero-order valence-corrected chi connectivity index (χ0v) is 12.4. The molecule has 0 saturated carbocycles. The Morgan fingerprint density at radius 2 is 1.35 bits per heavy atom. The molecule has 2 heteroatoms. The lowest BCUT2D eigenvalue weighted by Crippen LogP contribution is -2.47. The Balaban J connectivity index is 0. The van der Waals surface area contributed by atoms with Crippen molar-refractivity contribution in [2.75, 3.05) is 0 Å². The number of hydrogen-bond acceptors (Lipinski definition) is 1. The minimum atomic E-state index is 0. The monoisotopic (exact) mass is 247 g/mol. The van der Waals surface area contributed by atoms with Crippen molar-refractivity contribution < 1.29 is 4.70 Å². The van der Waals surface area contributed by atoms with Gasteiger partial charge in [0, 0.05) is 5.54 Å². The fourth-order valence-electron chi connectivity index (χ4n) is 2.79. The maximum Gasteiger partial charge on any atom is 0.0182 e. The van der Waals surface area contributed by atoms with E-state index in [0.29, 0.717) is 0 Å². The molecule has 1 atom stereocenters. The van der Waals surface area contributed by atoms with Gasteiger partial charge in [-0.15, -0.1) is 0 Å². The maximum absolute atomic E-state index is 6.71. The van der Waals surface area contributed by atoms with E-state index in [1.165, 1.54) is 57.8 Å². The Bertz CT molecular complexity index is 151. The van der Waals surface area contributed by atoms with E-state index in [1.807, 2.05) is 0 Å². The molecule has 0 aliphatic carbocycles. The van der Waals surface area contributed by atoms with Crippen molar-refractivity contribution >= 4 is 0 Å².